The Balaban J connectivity index is -0.000000594. The predicted octanol–water partition coefficient (Wildman–Crippen LogP) is 10.3. The lowest BCUT2D eigenvalue weighted by molar-refractivity contribution is 0.0954. The van der Waals surface area contributed by atoms with Crippen LogP contribution in [0, 0.1) is 47.5 Å². The zero-order chi connectivity index (χ0) is 35.1. The van der Waals surface area contributed by atoms with E-state index in [0.29, 0.717) is 23.4 Å². The van der Waals surface area contributed by atoms with Gasteiger partial charge in [-0.15, -0.1) is 10.2 Å². The number of hydrogen-bond acceptors (Lipinski definition) is 12. The molecule has 0 aliphatic heterocycles. The van der Waals surface area contributed by atoms with E-state index in [1.807, 2.05) is 68.1 Å². The van der Waals surface area contributed by atoms with Gasteiger partial charge in [0, 0.05) is 35.9 Å². The third-order valence-electron chi connectivity index (χ3n) is 7.47. The van der Waals surface area contributed by atoms with E-state index < -0.39 is 0 Å². The molecule has 0 atom stereocenters. The maximum Gasteiger partial charge on any atom is 0.292 e. The average molecular weight is 755 g/mol. The molecule has 14 heteroatoms. The summed E-state index contributed by atoms with van der Waals surface area (Å²) in [5.74, 6) is 3.20. The van der Waals surface area contributed by atoms with Crippen LogP contribution >= 0.6 is 11.5 Å². The second kappa shape index (κ2) is 26.6. The van der Waals surface area contributed by atoms with Crippen molar-refractivity contribution >= 4 is 29.0 Å². The average Bonchev–Trinajstić information content (AvgIpc) is 3.91. The Morgan fingerprint density at radius 2 is 1.45 bits per heavy atom. The van der Waals surface area contributed by atoms with Gasteiger partial charge in [-0.05, 0) is 94.0 Å². The first-order valence-corrected chi connectivity index (χ1v) is 16.4. The summed E-state index contributed by atoms with van der Waals surface area (Å²) >= 11 is 1.55. The number of nitrogens with two attached hydrogens (primary N) is 2. The highest BCUT2D eigenvalue weighted by molar-refractivity contribution is 7.05. The predicted molar refractivity (Wildman–Crippen MR) is 222 cm³/mol. The lowest BCUT2D eigenvalue weighted by Crippen LogP contribution is -2.10. The Kier molecular flexibility index (Phi) is 26.3. The van der Waals surface area contributed by atoms with Crippen molar-refractivity contribution in [2.24, 2.45) is 13.0 Å². The van der Waals surface area contributed by atoms with E-state index in [9.17, 15) is 4.79 Å². The molecule has 1 aromatic carbocycles. The van der Waals surface area contributed by atoms with Crippen LogP contribution in [0.1, 0.15) is 113 Å². The highest BCUT2D eigenvalue weighted by Gasteiger charge is 2.20. The third kappa shape index (κ3) is 18.3. The Morgan fingerprint density at radius 1 is 0.849 bits per heavy atom. The van der Waals surface area contributed by atoms with Gasteiger partial charge in [-0.25, -0.2) is 14.3 Å². The van der Waals surface area contributed by atoms with E-state index in [2.05, 4.69) is 48.8 Å². The molecule has 0 amide bonds. The van der Waals surface area contributed by atoms with E-state index >= 15 is 0 Å². The molecule has 1 fully saturated rings. The summed E-state index contributed by atoms with van der Waals surface area (Å²) in [7, 11) is 1.97. The molecule has 5 N–H and O–H groups in total. The fourth-order valence-electron chi connectivity index (χ4n) is 4.47. The molecule has 5 heterocycles. The molecule has 1 aliphatic carbocycles. The second-order valence-electron chi connectivity index (χ2n) is 11.5. The van der Waals surface area contributed by atoms with Crippen LogP contribution in [0.5, 0.6) is 0 Å². The summed E-state index contributed by atoms with van der Waals surface area (Å²) in [4.78, 5) is 20.9. The molecule has 0 saturated heterocycles. The fourth-order valence-corrected chi connectivity index (χ4v) is 5.04. The fraction of sp³-hybridized carbons (Fsp3) is 0.462. The minimum atomic E-state index is 0. The molecule has 0 spiro atoms. The van der Waals surface area contributed by atoms with Gasteiger partial charge in [-0.1, -0.05) is 80.5 Å². The van der Waals surface area contributed by atoms with E-state index in [1.165, 1.54) is 41.7 Å². The number of nitrogens with one attached hydrogen (secondary N) is 1. The van der Waals surface area contributed by atoms with Gasteiger partial charge in [0.05, 0.1) is 18.1 Å². The van der Waals surface area contributed by atoms with E-state index in [-0.39, 0.29) is 43.1 Å². The van der Waals surface area contributed by atoms with Gasteiger partial charge in [0.15, 0.2) is 5.78 Å². The number of oxazole rings is 2. The number of aryl methyl sites for hydroxylation is 6. The third-order valence-corrected chi connectivity index (χ3v) is 8.28. The molecule has 6 aromatic rings. The van der Waals surface area contributed by atoms with Gasteiger partial charge in [0.25, 0.3) is 17.7 Å². The second-order valence-corrected chi connectivity index (χ2v) is 12.5. The van der Waals surface area contributed by atoms with Crippen LogP contribution in [-0.4, -0.2) is 45.3 Å². The zero-order valence-electron chi connectivity index (χ0n) is 28.7. The highest BCUT2D eigenvalue weighted by Crippen LogP contribution is 2.28. The number of aromatic amines is 1. The SMILES string of the molecule is C.C.C.C.C.Cc1ccc(C(=O)CC2CCCC2)n1C.Cc1ccc(N)cc1.Cc1cnc(-c2nn[nH]n2)o1.Cc1cnc(N)o1.Cc1cnsc1C. The molecular formula is C39H66N10O3S. The van der Waals surface area contributed by atoms with Crippen molar-refractivity contribution < 1.29 is 13.6 Å². The maximum absolute atomic E-state index is 12.0. The monoisotopic (exact) mass is 755 g/mol. The van der Waals surface area contributed by atoms with Gasteiger partial charge in [-0.3, -0.25) is 4.79 Å². The minimum Gasteiger partial charge on any atom is -0.439 e. The molecule has 1 saturated carbocycles. The number of nitrogen functional groups attached to an aromatic ring is 2. The quantitative estimate of drug-likeness (QED) is 0.114. The summed E-state index contributed by atoms with van der Waals surface area (Å²) in [6, 6.07) is 12.0. The normalized spacial score (nSPS) is 10.8. The number of carbonyl (C=O) groups is 1. The number of H-pyrrole nitrogens is 1. The molecule has 0 radical (unpaired) electrons. The van der Waals surface area contributed by atoms with Crippen molar-refractivity contribution in [2.45, 2.75) is 111 Å². The number of tetrazole rings is 1. The first-order valence-electron chi connectivity index (χ1n) is 15.6. The summed E-state index contributed by atoms with van der Waals surface area (Å²) in [5.41, 5.74) is 15.9. The number of benzene rings is 1. The van der Waals surface area contributed by atoms with Crippen molar-refractivity contribution in [3.05, 3.63) is 93.9 Å². The van der Waals surface area contributed by atoms with Crippen LogP contribution in [-0.2, 0) is 7.05 Å². The van der Waals surface area contributed by atoms with E-state index in [4.69, 9.17) is 20.3 Å². The smallest absolute Gasteiger partial charge is 0.292 e. The number of aromatic nitrogens is 8. The highest BCUT2D eigenvalue weighted by atomic mass is 32.1. The molecule has 1 aliphatic rings. The van der Waals surface area contributed by atoms with Crippen molar-refractivity contribution in [1.29, 1.82) is 0 Å². The van der Waals surface area contributed by atoms with Gasteiger partial charge >= 0.3 is 0 Å². The Morgan fingerprint density at radius 3 is 1.81 bits per heavy atom. The lowest BCUT2D eigenvalue weighted by Gasteiger charge is -2.08. The van der Waals surface area contributed by atoms with Crippen LogP contribution in [0.4, 0.5) is 11.7 Å². The van der Waals surface area contributed by atoms with Crippen molar-refractivity contribution in [2.75, 3.05) is 11.5 Å². The lowest BCUT2D eigenvalue weighted by atomic mass is 10.00. The molecule has 7 rings (SSSR count). The molecule has 13 nitrogen and oxygen atoms in total. The van der Waals surface area contributed by atoms with Gasteiger partial charge < -0.3 is 24.9 Å². The maximum atomic E-state index is 12.0. The van der Waals surface area contributed by atoms with Gasteiger partial charge in [0.1, 0.15) is 11.5 Å². The van der Waals surface area contributed by atoms with Crippen LogP contribution in [0.2, 0.25) is 0 Å². The minimum absolute atomic E-state index is 0. The number of Topliss-reactive ketones (excluding diaryl/α,β-unsaturated/α-hetero) is 1. The summed E-state index contributed by atoms with van der Waals surface area (Å²) in [6.45, 7) is 11.8. The number of carbonyl (C=O) groups excluding carboxylic acids is 1. The van der Waals surface area contributed by atoms with Crippen molar-refractivity contribution in [3.63, 3.8) is 0 Å². The molecule has 0 bridgehead atoms. The van der Waals surface area contributed by atoms with Crippen LogP contribution < -0.4 is 11.5 Å². The topological polar surface area (TPSA) is 193 Å². The number of anilines is 2. The number of hydrogen-bond donors (Lipinski definition) is 3. The number of rotatable bonds is 4. The summed E-state index contributed by atoms with van der Waals surface area (Å²) < 4.78 is 15.8. The molecule has 0 unspecified atom stereocenters. The Labute approximate surface area is 322 Å². The van der Waals surface area contributed by atoms with Crippen molar-refractivity contribution in [1.82, 2.24) is 39.5 Å². The van der Waals surface area contributed by atoms with Crippen molar-refractivity contribution in [3.8, 4) is 11.7 Å². The first-order chi connectivity index (χ1) is 22.9. The first kappa shape index (κ1) is 52.3. The Bertz CT molecular complexity index is 1730. The largest absolute Gasteiger partial charge is 0.439 e. The van der Waals surface area contributed by atoms with Gasteiger partial charge in [-0.2, -0.15) is 5.21 Å². The molecular weight excluding hydrogens is 689 g/mol. The number of nitrogens with zero attached hydrogens (tertiary/aromatic N) is 7. The standard InChI is InChI=1S/C13H19NO.C7H9N.C5H5N5O.C5H7NS.C4H6N2O.5CH4/c1-10-7-8-12(14(10)2)13(15)9-11-5-3-4-6-11;1-6-2-4-7(8)5-3-6;1-3-2-6-5(11-3)4-7-9-10-8-4;1-4-3-6-7-5(4)2;1-3-2-6-4(5)7-3;;;;;/h7-8,11H,3-6,9H2,1-2H3;2-5H,8H2,1H3;2H,1H3,(H,7,8,9,10);3H,1-2H3;2H,1H3,(H2,5,6);5*1H4. The molecule has 296 valence electrons. The van der Waals surface area contributed by atoms with E-state index in [0.717, 1.165) is 35.0 Å². The van der Waals surface area contributed by atoms with Crippen LogP contribution in [0.15, 0.2) is 63.8 Å². The van der Waals surface area contributed by atoms with Crippen LogP contribution in [0.25, 0.3) is 11.7 Å². The Hall–Kier alpha value is -5.11. The van der Waals surface area contributed by atoms with Crippen LogP contribution in [0.3, 0.4) is 0 Å². The molecule has 53 heavy (non-hydrogen) atoms. The van der Waals surface area contributed by atoms with E-state index in [1.54, 1.807) is 37.8 Å². The summed E-state index contributed by atoms with van der Waals surface area (Å²) in [5, 5.41) is 13.1. The molecule has 5 aromatic heterocycles. The van der Waals surface area contributed by atoms with Gasteiger partial charge in [0.2, 0.25) is 0 Å². The summed E-state index contributed by atoms with van der Waals surface area (Å²) in [6.07, 6.45) is 10.9. The zero-order valence-corrected chi connectivity index (χ0v) is 29.5. The number of ketones is 1.